The van der Waals surface area contributed by atoms with Gasteiger partial charge in [-0.3, -0.25) is 4.79 Å². The fraction of sp³-hybridized carbons (Fsp3) is 0.533. The Hall–Kier alpha value is -1.35. The van der Waals surface area contributed by atoms with E-state index in [-0.39, 0.29) is 5.92 Å². The van der Waals surface area contributed by atoms with Gasteiger partial charge in [-0.05, 0) is 24.0 Å². The Morgan fingerprint density at radius 3 is 2.72 bits per heavy atom. The summed E-state index contributed by atoms with van der Waals surface area (Å²) in [6.07, 6.45) is 1.63. The van der Waals surface area contributed by atoms with E-state index >= 15 is 0 Å². The summed E-state index contributed by atoms with van der Waals surface area (Å²) in [5, 5.41) is 0. The molecule has 2 unspecified atom stereocenters. The van der Waals surface area contributed by atoms with Gasteiger partial charge in [-0.2, -0.15) is 0 Å². The molecular formula is C15H20O3. The predicted molar refractivity (Wildman–Crippen MR) is 70.0 cm³/mol. The molecule has 3 nitrogen and oxygen atoms in total. The Kier molecular flexibility index (Phi) is 4.37. The molecule has 0 amide bonds. The first-order chi connectivity index (χ1) is 8.74. The van der Waals surface area contributed by atoms with Crippen LogP contribution in [0.4, 0.5) is 0 Å². The van der Waals surface area contributed by atoms with Crippen LogP contribution >= 0.6 is 0 Å². The Labute approximate surface area is 108 Å². The second-order valence-electron chi connectivity index (χ2n) is 4.78. The first-order valence-electron chi connectivity index (χ1n) is 6.47. The standard InChI is InChI=1S/C15H20O3/c1-11-12(7-8-14(11)16)13-5-3-4-6-15(13)18-10-9-17-2/h3-6,11-12H,7-10H2,1-2H3. The van der Waals surface area contributed by atoms with Crippen LogP contribution in [0, 0.1) is 5.92 Å². The maximum Gasteiger partial charge on any atom is 0.136 e. The lowest BCUT2D eigenvalue weighted by Gasteiger charge is -2.18. The maximum atomic E-state index is 11.7. The maximum absolute atomic E-state index is 11.7. The van der Waals surface area contributed by atoms with E-state index in [4.69, 9.17) is 9.47 Å². The third kappa shape index (κ3) is 2.72. The summed E-state index contributed by atoms with van der Waals surface area (Å²) < 4.78 is 10.7. The van der Waals surface area contributed by atoms with E-state index in [9.17, 15) is 4.79 Å². The minimum Gasteiger partial charge on any atom is -0.491 e. The smallest absolute Gasteiger partial charge is 0.136 e. The molecule has 1 aromatic rings. The average Bonchev–Trinajstić information content (AvgIpc) is 2.71. The van der Waals surface area contributed by atoms with Gasteiger partial charge in [-0.15, -0.1) is 0 Å². The summed E-state index contributed by atoms with van der Waals surface area (Å²) in [4.78, 5) is 11.7. The van der Waals surface area contributed by atoms with Crippen LogP contribution in [0.15, 0.2) is 24.3 Å². The van der Waals surface area contributed by atoms with Gasteiger partial charge in [0.2, 0.25) is 0 Å². The number of hydrogen-bond donors (Lipinski definition) is 0. The molecule has 1 saturated carbocycles. The number of methoxy groups -OCH3 is 1. The highest BCUT2D eigenvalue weighted by Crippen LogP contribution is 2.40. The third-order valence-electron chi connectivity index (χ3n) is 3.68. The Bertz CT molecular complexity index is 414. The number of para-hydroxylation sites is 1. The van der Waals surface area contributed by atoms with E-state index in [1.165, 1.54) is 0 Å². The molecule has 18 heavy (non-hydrogen) atoms. The summed E-state index contributed by atoms with van der Waals surface area (Å²) >= 11 is 0. The molecule has 0 spiro atoms. The predicted octanol–water partition coefficient (Wildman–Crippen LogP) is 2.79. The van der Waals surface area contributed by atoms with Crippen molar-refractivity contribution in [1.29, 1.82) is 0 Å². The van der Waals surface area contributed by atoms with E-state index in [1.54, 1.807) is 7.11 Å². The van der Waals surface area contributed by atoms with E-state index in [2.05, 4.69) is 6.07 Å². The molecule has 0 radical (unpaired) electrons. The van der Waals surface area contributed by atoms with Crippen LogP contribution in [0.25, 0.3) is 0 Å². The molecule has 1 aliphatic rings. The minimum atomic E-state index is 0.108. The van der Waals surface area contributed by atoms with Crippen molar-refractivity contribution in [3.63, 3.8) is 0 Å². The van der Waals surface area contributed by atoms with Gasteiger partial charge < -0.3 is 9.47 Å². The highest BCUT2D eigenvalue weighted by Gasteiger charge is 2.33. The van der Waals surface area contributed by atoms with Crippen molar-refractivity contribution >= 4 is 5.78 Å². The van der Waals surface area contributed by atoms with Gasteiger partial charge in [0.25, 0.3) is 0 Å². The molecule has 2 rings (SSSR count). The molecule has 1 aliphatic carbocycles. The lowest BCUT2D eigenvalue weighted by atomic mass is 9.89. The SMILES string of the molecule is COCCOc1ccccc1C1CCC(=O)C1C. The van der Waals surface area contributed by atoms with E-state index < -0.39 is 0 Å². The normalized spacial score (nSPS) is 23.3. The fourth-order valence-electron chi connectivity index (χ4n) is 2.58. The van der Waals surface area contributed by atoms with Gasteiger partial charge in [0.1, 0.15) is 18.1 Å². The molecule has 0 N–H and O–H groups in total. The van der Waals surface area contributed by atoms with E-state index in [1.807, 2.05) is 25.1 Å². The lowest BCUT2D eigenvalue weighted by molar-refractivity contribution is -0.120. The minimum absolute atomic E-state index is 0.108. The number of carbonyl (C=O) groups is 1. The van der Waals surface area contributed by atoms with Crippen LogP contribution < -0.4 is 4.74 Å². The summed E-state index contributed by atoms with van der Waals surface area (Å²) in [5.74, 6) is 1.67. The van der Waals surface area contributed by atoms with Crippen molar-refractivity contribution in [3.05, 3.63) is 29.8 Å². The Morgan fingerprint density at radius 1 is 1.28 bits per heavy atom. The molecule has 2 atom stereocenters. The summed E-state index contributed by atoms with van der Waals surface area (Å²) in [6, 6.07) is 8.02. The fourth-order valence-corrected chi connectivity index (χ4v) is 2.58. The third-order valence-corrected chi connectivity index (χ3v) is 3.68. The monoisotopic (exact) mass is 248 g/mol. The number of benzene rings is 1. The summed E-state index contributed by atoms with van der Waals surface area (Å²) in [6.45, 7) is 3.14. The quantitative estimate of drug-likeness (QED) is 0.752. The van der Waals surface area contributed by atoms with E-state index in [0.717, 1.165) is 17.7 Å². The van der Waals surface area contributed by atoms with Crippen LogP contribution in [-0.4, -0.2) is 26.1 Å². The van der Waals surface area contributed by atoms with Crippen molar-refractivity contribution in [2.45, 2.75) is 25.7 Å². The highest BCUT2D eigenvalue weighted by atomic mass is 16.5. The van der Waals surface area contributed by atoms with Crippen LogP contribution in [0.1, 0.15) is 31.2 Å². The first-order valence-corrected chi connectivity index (χ1v) is 6.47. The molecule has 1 fully saturated rings. The van der Waals surface area contributed by atoms with Crippen molar-refractivity contribution in [2.75, 3.05) is 20.3 Å². The van der Waals surface area contributed by atoms with Crippen LogP contribution in [0.5, 0.6) is 5.75 Å². The molecule has 3 heteroatoms. The summed E-state index contributed by atoms with van der Waals surface area (Å²) in [5.41, 5.74) is 1.16. The van der Waals surface area contributed by atoms with Gasteiger partial charge in [0, 0.05) is 19.4 Å². The van der Waals surface area contributed by atoms with Crippen LogP contribution in [0.2, 0.25) is 0 Å². The molecule has 0 bridgehead atoms. The zero-order valence-electron chi connectivity index (χ0n) is 11.0. The molecule has 0 heterocycles. The first kappa shape index (κ1) is 13.1. The summed E-state index contributed by atoms with van der Waals surface area (Å²) in [7, 11) is 1.66. The van der Waals surface area contributed by atoms with Gasteiger partial charge in [-0.1, -0.05) is 25.1 Å². The van der Waals surface area contributed by atoms with Gasteiger partial charge in [0.15, 0.2) is 0 Å². The molecule has 1 aromatic carbocycles. The molecule has 0 saturated heterocycles. The van der Waals surface area contributed by atoms with Crippen molar-refractivity contribution in [3.8, 4) is 5.75 Å². The Morgan fingerprint density at radius 2 is 2.06 bits per heavy atom. The van der Waals surface area contributed by atoms with Crippen LogP contribution in [-0.2, 0) is 9.53 Å². The largest absolute Gasteiger partial charge is 0.491 e. The van der Waals surface area contributed by atoms with Crippen molar-refractivity contribution in [1.82, 2.24) is 0 Å². The van der Waals surface area contributed by atoms with Crippen molar-refractivity contribution in [2.24, 2.45) is 5.92 Å². The number of ketones is 1. The van der Waals surface area contributed by atoms with Gasteiger partial charge in [0.05, 0.1) is 6.61 Å². The highest BCUT2D eigenvalue weighted by molar-refractivity contribution is 5.84. The molecule has 98 valence electrons. The zero-order valence-corrected chi connectivity index (χ0v) is 11.0. The molecule has 0 aromatic heterocycles. The van der Waals surface area contributed by atoms with E-state index in [0.29, 0.717) is 31.3 Å². The van der Waals surface area contributed by atoms with Crippen LogP contribution in [0.3, 0.4) is 0 Å². The number of carbonyl (C=O) groups excluding carboxylic acids is 1. The molecular weight excluding hydrogens is 228 g/mol. The second-order valence-corrected chi connectivity index (χ2v) is 4.78. The number of ether oxygens (including phenoxy) is 2. The molecule has 0 aliphatic heterocycles. The van der Waals surface area contributed by atoms with Gasteiger partial charge >= 0.3 is 0 Å². The Balaban J connectivity index is 2.14. The lowest BCUT2D eigenvalue weighted by Crippen LogP contribution is -2.12. The topological polar surface area (TPSA) is 35.5 Å². The van der Waals surface area contributed by atoms with Crippen molar-refractivity contribution < 1.29 is 14.3 Å². The number of hydrogen-bond acceptors (Lipinski definition) is 3. The number of rotatable bonds is 5. The number of Topliss-reactive ketones (excluding diaryl/α,β-unsaturated/α-hetero) is 1. The van der Waals surface area contributed by atoms with Gasteiger partial charge in [-0.25, -0.2) is 0 Å². The zero-order chi connectivity index (χ0) is 13.0. The second kappa shape index (κ2) is 6.01. The average molecular weight is 248 g/mol.